The highest BCUT2D eigenvalue weighted by Crippen LogP contribution is 2.23. The maximum absolute atomic E-state index is 12.4. The van der Waals surface area contributed by atoms with Crippen molar-refractivity contribution in [3.63, 3.8) is 0 Å². The van der Waals surface area contributed by atoms with E-state index in [9.17, 15) is 19.7 Å². The number of nitrogens with zero attached hydrogens (tertiary/aromatic N) is 3. The first-order valence-corrected chi connectivity index (χ1v) is 9.01. The van der Waals surface area contributed by atoms with Crippen molar-refractivity contribution >= 4 is 22.7 Å². The van der Waals surface area contributed by atoms with E-state index in [1.807, 2.05) is 0 Å². The van der Waals surface area contributed by atoms with Gasteiger partial charge in [-0.1, -0.05) is 12.1 Å². The average molecular weight is 382 g/mol. The molecule has 0 radical (unpaired) electrons. The monoisotopic (exact) mass is 382 g/mol. The van der Waals surface area contributed by atoms with Crippen molar-refractivity contribution in [2.45, 2.75) is 38.3 Å². The number of nitrogens with one attached hydrogen (secondary N) is 1. The summed E-state index contributed by atoms with van der Waals surface area (Å²) in [5.74, 6) is -0.664. The molecule has 1 amide bonds. The Morgan fingerprint density at radius 3 is 3.04 bits per heavy atom. The van der Waals surface area contributed by atoms with Gasteiger partial charge in [0.25, 0.3) is 5.69 Å². The highest BCUT2D eigenvalue weighted by molar-refractivity contribution is 5.77. The molecule has 28 heavy (non-hydrogen) atoms. The van der Waals surface area contributed by atoms with Crippen LogP contribution >= 0.6 is 0 Å². The summed E-state index contributed by atoms with van der Waals surface area (Å²) in [4.78, 5) is 38.9. The summed E-state index contributed by atoms with van der Waals surface area (Å²) in [6.45, 7) is 0.220. The topological polar surface area (TPSA) is 120 Å². The van der Waals surface area contributed by atoms with Crippen LogP contribution in [-0.4, -0.2) is 26.4 Å². The van der Waals surface area contributed by atoms with Gasteiger partial charge in [0.05, 0.1) is 10.4 Å². The highest BCUT2D eigenvalue weighted by atomic mass is 16.6. The summed E-state index contributed by atoms with van der Waals surface area (Å²) < 4.78 is 6.61. The van der Waals surface area contributed by atoms with Crippen LogP contribution < -0.4 is 11.1 Å². The smallest absolute Gasteiger partial charge is 0.408 e. The van der Waals surface area contributed by atoms with Crippen molar-refractivity contribution in [1.29, 1.82) is 0 Å². The maximum atomic E-state index is 12.4. The Kier molecular flexibility index (Phi) is 4.64. The van der Waals surface area contributed by atoms with Gasteiger partial charge in [-0.3, -0.25) is 24.5 Å². The van der Waals surface area contributed by atoms with Gasteiger partial charge in [0.1, 0.15) is 6.20 Å². The lowest BCUT2D eigenvalue weighted by atomic mass is 9.91. The largest absolute Gasteiger partial charge is 0.419 e. The van der Waals surface area contributed by atoms with Crippen LogP contribution in [0.5, 0.6) is 0 Å². The molecule has 1 aliphatic rings. The quantitative estimate of drug-likeness (QED) is 0.532. The number of carbonyl (C=O) groups is 1. The van der Waals surface area contributed by atoms with Gasteiger partial charge < -0.3 is 9.73 Å². The van der Waals surface area contributed by atoms with Crippen LogP contribution in [-0.2, 0) is 24.2 Å². The summed E-state index contributed by atoms with van der Waals surface area (Å²) in [7, 11) is 0. The highest BCUT2D eigenvalue weighted by Gasteiger charge is 2.23. The minimum absolute atomic E-state index is 0.0445. The minimum Gasteiger partial charge on any atom is -0.408 e. The lowest BCUT2D eigenvalue weighted by Gasteiger charge is -2.24. The van der Waals surface area contributed by atoms with Crippen LogP contribution in [0.3, 0.4) is 0 Å². The molecule has 0 bridgehead atoms. The number of aromatic nitrogens is 2. The zero-order valence-electron chi connectivity index (χ0n) is 15.0. The van der Waals surface area contributed by atoms with Crippen molar-refractivity contribution in [1.82, 2.24) is 14.9 Å². The fraction of sp³-hybridized carbons (Fsp3) is 0.316. The molecule has 2 aromatic heterocycles. The molecule has 0 unspecified atom stereocenters. The minimum atomic E-state index is -0.487. The maximum Gasteiger partial charge on any atom is 0.419 e. The zero-order valence-corrected chi connectivity index (χ0v) is 15.0. The van der Waals surface area contributed by atoms with Gasteiger partial charge in [-0.05, 0) is 37.0 Å². The molecule has 2 heterocycles. The summed E-state index contributed by atoms with van der Waals surface area (Å²) in [6.07, 6.45) is 3.29. The number of hydrogen-bond donors (Lipinski definition) is 1. The predicted octanol–water partition coefficient (Wildman–Crippen LogP) is 1.96. The molecule has 3 aromatic rings. The first-order valence-electron chi connectivity index (χ1n) is 9.01. The Morgan fingerprint density at radius 2 is 2.21 bits per heavy atom. The molecule has 0 aliphatic heterocycles. The summed E-state index contributed by atoms with van der Waals surface area (Å²) >= 11 is 0. The SMILES string of the molecule is O=C(CCn1c(=O)oc2ccccc21)N[C@H]1CCc2ncc([N+](=O)[O-])cc2C1. The fourth-order valence-electron chi connectivity index (χ4n) is 3.57. The third-order valence-corrected chi connectivity index (χ3v) is 4.95. The molecule has 4 rings (SSSR count). The molecule has 0 saturated heterocycles. The van der Waals surface area contributed by atoms with Crippen LogP contribution in [0, 0.1) is 10.1 Å². The van der Waals surface area contributed by atoms with Gasteiger partial charge in [-0.15, -0.1) is 0 Å². The average Bonchev–Trinajstić information content (AvgIpc) is 3.00. The third-order valence-electron chi connectivity index (χ3n) is 4.95. The second-order valence-electron chi connectivity index (χ2n) is 6.80. The Hall–Kier alpha value is -3.49. The van der Waals surface area contributed by atoms with E-state index in [-0.39, 0.29) is 30.6 Å². The number of fused-ring (bicyclic) bond motifs is 2. The van der Waals surface area contributed by atoms with E-state index < -0.39 is 10.7 Å². The molecular formula is C19H18N4O5. The van der Waals surface area contributed by atoms with Crippen molar-refractivity contribution in [2.24, 2.45) is 0 Å². The second-order valence-corrected chi connectivity index (χ2v) is 6.80. The second kappa shape index (κ2) is 7.26. The molecule has 0 fully saturated rings. The lowest BCUT2D eigenvalue weighted by Crippen LogP contribution is -2.39. The Bertz CT molecular complexity index is 1120. The van der Waals surface area contributed by atoms with Crippen LogP contribution in [0.25, 0.3) is 11.1 Å². The Morgan fingerprint density at radius 1 is 1.39 bits per heavy atom. The summed E-state index contributed by atoms with van der Waals surface area (Å²) in [6, 6.07) is 8.48. The fourth-order valence-corrected chi connectivity index (χ4v) is 3.57. The molecule has 1 N–H and O–H groups in total. The van der Waals surface area contributed by atoms with Crippen molar-refractivity contribution in [3.05, 3.63) is 68.5 Å². The third kappa shape index (κ3) is 3.51. The van der Waals surface area contributed by atoms with Gasteiger partial charge in [0.2, 0.25) is 5.91 Å². The molecule has 1 aromatic carbocycles. The summed E-state index contributed by atoms with van der Waals surface area (Å²) in [5, 5.41) is 13.9. The van der Waals surface area contributed by atoms with Gasteiger partial charge in [0, 0.05) is 30.8 Å². The van der Waals surface area contributed by atoms with E-state index in [0.717, 1.165) is 17.7 Å². The van der Waals surface area contributed by atoms with Crippen LogP contribution in [0.4, 0.5) is 5.69 Å². The van der Waals surface area contributed by atoms with Gasteiger partial charge in [-0.25, -0.2) is 4.79 Å². The number of carbonyl (C=O) groups excluding carboxylic acids is 1. The number of nitro groups is 1. The van der Waals surface area contributed by atoms with E-state index in [2.05, 4.69) is 10.3 Å². The Labute approximate surface area is 159 Å². The number of hydrogen-bond acceptors (Lipinski definition) is 6. The molecule has 9 heteroatoms. The van der Waals surface area contributed by atoms with Crippen LogP contribution in [0.1, 0.15) is 24.1 Å². The van der Waals surface area contributed by atoms with E-state index in [1.54, 1.807) is 24.3 Å². The molecule has 0 saturated carbocycles. The van der Waals surface area contributed by atoms with E-state index in [0.29, 0.717) is 23.9 Å². The van der Waals surface area contributed by atoms with Crippen molar-refractivity contribution in [2.75, 3.05) is 0 Å². The molecular weight excluding hydrogens is 364 g/mol. The number of benzene rings is 1. The molecule has 144 valence electrons. The number of para-hydroxylation sites is 2. The zero-order chi connectivity index (χ0) is 19.7. The first-order chi connectivity index (χ1) is 13.5. The number of oxazole rings is 1. The van der Waals surface area contributed by atoms with Gasteiger partial charge >= 0.3 is 5.76 Å². The number of aryl methyl sites for hydroxylation is 2. The van der Waals surface area contributed by atoms with Crippen molar-refractivity contribution in [3.8, 4) is 0 Å². The number of amides is 1. The molecule has 9 nitrogen and oxygen atoms in total. The van der Waals surface area contributed by atoms with Gasteiger partial charge in [0.15, 0.2) is 5.58 Å². The van der Waals surface area contributed by atoms with Crippen molar-refractivity contribution < 1.29 is 14.1 Å². The van der Waals surface area contributed by atoms with Crippen LogP contribution in [0.15, 0.2) is 45.7 Å². The first kappa shape index (κ1) is 17.9. The lowest BCUT2D eigenvalue weighted by molar-refractivity contribution is -0.385. The molecule has 0 spiro atoms. The summed E-state index contributed by atoms with van der Waals surface area (Å²) in [5.41, 5.74) is 2.74. The number of rotatable bonds is 5. The normalized spacial score (nSPS) is 15.9. The van der Waals surface area contributed by atoms with Crippen LogP contribution in [0.2, 0.25) is 0 Å². The standard InChI is InChI=1S/C19H18N4O5/c24-18(7-8-22-16-3-1-2-4-17(16)28-19(22)25)21-13-5-6-15-12(9-13)10-14(11-20-15)23(26)27/h1-4,10-11,13H,5-9H2,(H,21,24)/t13-/m0/s1. The Balaban J connectivity index is 1.39. The van der Waals surface area contributed by atoms with Gasteiger partial charge in [-0.2, -0.15) is 0 Å². The van der Waals surface area contributed by atoms with E-state index in [4.69, 9.17) is 4.42 Å². The number of pyridine rings is 1. The predicted molar refractivity (Wildman–Crippen MR) is 99.9 cm³/mol. The van der Waals surface area contributed by atoms with E-state index >= 15 is 0 Å². The van der Waals surface area contributed by atoms with E-state index in [1.165, 1.54) is 16.8 Å². The molecule has 1 atom stereocenters. The molecule has 1 aliphatic carbocycles.